The number of phenolic OH excluding ortho intramolecular Hbond substituents is 2. The van der Waals surface area contributed by atoms with E-state index in [9.17, 15) is 19.8 Å². The van der Waals surface area contributed by atoms with E-state index < -0.39 is 5.97 Å². The average Bonchev–Trinajstić information content (AvgIpc) is 2.76. The lowest BCUT2D eigenvalue weighted by molar-refractivity contribution is -0.147. The topological polar surface area (TPSA) is 118 Å². The van der Waals surface area contributed by atoms with Crippen molar-refractivity contribution in [1.29, 1.82) is 0 Å². The Bertz CT molecular complexity index is 960. The molecule has 2 aliphatic rings. The molecule has 9 heteroatoms. The molecule has 1 saturated heterocycles. The number of carbonyl (C=O) groups excluding carboxylic acids is 2. The summed E-state index contributed by atoms with van der Waals surface area (Å²) in [6.07, 6.45) is 9.73. The number of rotatable bonds is 3. The zero-order valence-electron chi connectivity index (χ0n) is 19.6. The fraction of sp³-hybridized carbons (Fsp3) is 0.480. The molecule has 1 aromatic rings. The Morgan fingerprint density at radius 1 is 1.12 bits per heavy atom. The third-order valence-corrected chi connectivity index (χ3v) is 5.40. The molecule has 1 fully saturated rings. The second kappa shape index (κ2) is 12.2. The zero-order chi connectivity index (χ0) is 24.5. The highest BCUT2D eigenvalue weighted by atomic mass is 16.6. The van der Waals surface area contributed by atoms with Gasteiger partial charge in [-0.2, -0.15) is 0 Å². The maximum Gasteiger partial charge on any atom is 0.342 e. The number of hydrogen-bond acceptors (Lipinski definition) is 8. The molecule has 0 saturated carbocycles. The molecule has 34 heavy (non-hydrogen) atoms. The van der Waals surface area contributed by atoms with Crippen LogP contribution in [0.15, 0.2) is 41.6 Å². The van der Waals surface area contributed by atoms with Crippen LogP contribution in [-0.4, -0.2) is 71.2 Å². The van der Waals surface area contributed by atoms with Crippen molar-refractivity contribution in [2.24, 2.45) is 5.16 Å². The Labute approximate surface area is 199 Å². The number of benzene rings is 1. The Hall–Kier alpha value is -3.33. The van der Waals surface area contributed by atoms with Crippen LogP contribution in [0.5, 0.6) is 11.5 Å². The minimum Gasteiger partial charge on any atom is -0.508 e. The van der Waals surface area contributed by atoms with E-state index in [-0.39, 0.29) is 54.8 Å². The second-order valence-corrected chi connectivity index (χ2v) is 8.46. The lowest BCUT2D eigenvalue weighted by Gasteiger charge is -2.35. The third-order valence-electron chi connectivity index (χ3n) is 5.40. The van der Waals surface area contributed by atoms with E-state index in [0.717, 1.165) is 18.9 Å². The number of esters is 1. The van der Waals surface area contributed by atoms with Crippen LogP contribution in [0.4, 0.5) is 0 Å². The first-order chi connectivity index (χ1) is 16.3. The normalized spacial score (nSPS) is 25.1. The van der Waals surface area contributed by atoms with Crippen molar-refractivity contribution in [2.75, 3.05) is 26.3 Å². The van der Waals surface area contributed by atoms with E-state index in [0.29, 0.717) is 30.8 Å². The predicted octanol–water partition coefficient (Wildman–Crippen LogP) is 3.10. The summed E-state index contributed by atoms with van der Waals surface area (Å²) >= 11 is 0. The second-order valence-electron chi connectivity index (χ2n) is 8.46. The summed E-state index contributed by atoms with van der Waals surface area (Å²) < 4.78 is 10.9. The van der Waals surface area contributed by atoms with Gasteiger partial charge in [-0.25, -0.2) is 4.79 Å². The molecule has 0 aromatic heterocycles. The highest BCUT2D eigenvalue weighted by Crippen LogP contribution is 2.29. The van der Waals surface area contributed by atoms with Crippen LogP contribution in [0.2, 0.25) is 0 Å². The molecule has 2 aliphatic heterocycles. The van der Waals surface area contributed by atoms with Crippen LogP contribution in [0.25, 0.3) is 0 Å². The number of fused-ring (bicyclic) bond motifs is 1. The maximum absolute atomic E-state index is 12.6. The van der Waals surface area contributed by atoms with Crippen molar-refractivity contribution in [3.8, 4) is 11.5 Å². The number of aromatic hydroxyl groups is 2. The highest BCUT2D eigenvalue weighted by Gasteiger charge is 2.26. The molecule has 2 atom stereocenters. The summed E-state index contributed by atoms with van der Waals surface area (Å²) in [4.78, 5) is 32.2. The zero-order valence-corrected chi connectivity index (χ0v) is 19.6. The molecule has 0 radical (unpaired) electrons. The summed E-state index contributed by atoms with van der Waals surface area (Å²) in [7, 11) is 0. The monoisotopic (exact) mass is 472 g/mol. The predicted molar refractivity (Wildman–Crippen MR) is 126 cm³/mol. The molecule has 2 heterocycles. The largest absolute Gasteiger partial charge is 0.508 e. The summed E-state index contributed by atoms with van der Waals surface area (Å²) in [5.41, 5.74) is 0.730. The van der Waals surface area contributed by atoms with Crippen molar-refractivity contribution < 1.29 is 34.1 Å². The summed E-state index contributed by atoms with van der Waals surface area (Å²) in [5, 5.41) is 24.4. The number of hydrogen-bond donors (Lipinski definition) is 2. The fourth-order valence-corrected chi connectivity index (χ4v) is 3.94. The van der Waals surface area contributed by atoms with Gasteiger partial charge in [0.05, 0.1) is 24.5 Å². The molecule has 184 valence electrons. The minimum absolute atomic E-state index is 0.0349. The van der Waals surface area contributed by atoms with Gasteiger partial charge >= 0.3 is 5.97 Å². The molecule has 1 amide bonds. The van der Waals surface area contributed by atoms with Crippen LogP contribution in [0.3, 0.4) is 0 Å². The van der Waals surface area contributed by atoms with E-state index in [2.05, 4.69) is 5.16 Å². The van der Waals surface area contributed by atoms with Crippen LogP contribution < -0.4 is 0 Å². The first kappa shape index (κ1) is 25.3. The van der Waals surface area contributed by atoms with Gasteiger partial charge in [0.25, 0.3) is 5.91 Å². The number of phenols is 2. The molecular formula is C25H32N2O7. The lowest BCUT2D eigenvalue weighted by Crippen LogP contribution is -2.49. The number of carbonyl (C=O) groups is 2. The molecule has 2 N–H and O–H groups in total. The van der Waals surface area contributed by atoms with Crippen LogP contribution in [0, 0.1) is 0 Å². The molecule has 1 aromatic carbocycles. The van der Waals surface area contributed by atoms with Crippen LogP contribution >= 0.6 is 0 Å². The Morgan fingerprint density at radius 3 is 2.59 bits per heavy atom. The number of oxime groups is 1. The number of allylic oxidation sites excluding steroid dienone is 3. The van der Waals surface area contributed by atoms with Crippen LogP contribution in [0.1, 0.15) is 49.0 Å². The lowest BCUT2D eigenvalue weighted by atomic mass is 10.00. The number of ether oxygens (including phenoxy) is 2. The first-order valence-corrected chi connectivity index (χ1v) is 11.5. The van der Waals surface area contributed by atoms with Gasteiger partial charge in [0.2, 0.25) is 0 Å². The highest BCUT2D eigenvalue weighted by molar-refractivity contribution is 6.00. The SMILES string of the molecule is CC1CN(C(=O)CON=C2/C=C/CC/C=C/CCOC(=O)c3c(O)cc(O)cc3C2)CC(C)O1. The number of morpholine rings is 1. The standard InChI is InChI=1S/C25H32N2O7/c1-17-14-27(15-18(2)34-17)23(30)16-33-26-20-9-7-5-3-4-6-8-10-32-25(31)24-19(11-20)12-21(28)13-22(24)29/h4,6-7,9,12-13,17-18,28-29H,3,5,8,10-11,14-16H2,1-2H3/b6-4+,9-7+,26-20?. The molecule has 9 nitrogen and oxygen atoms in total. The molecule has 0 bridgehead atoms. The van der Waals surface area contributed by atoms with Crippen molar-refractivity contribution in [1.82, 2.24) is 4.90 Å². The Morgan fingerprint density at radius 2 is 1.82 bits per heavy atom. The van der Waals surface area contributed by atoms with E-state index in [1.54, 1.807) is 11.0 Å². The van der Waals surface area contributed by atoms with E-state index in [1.165, 1.54) is 6.07 Å². The van der Waals surface area contributed by atoms with Crippen molar-refractivity contribution in [2.45, 2.75) is 51.7 Å². The number of nitrogens with zero attached hydrogens (tertiary/aromatic N) is 2. The molecule has 0 spiro atoms. The van der Waals surface area contributed by atoms with Gasteiger partial charge in [0.1, 0.15) is 17.1 Å². The Balaban J connectivity index is 1.79. The minimum atomic E-state index is -0.687. The van der Waals surface area contributed by atoms with Gasteiger partial charge in [0.15, 0.2) is 6.61 Å². The quantitative estimate of drug-likeness (QED) is 0.394. The molecule has 3 rings (SSSR count). The van der Waals surface area contributed by atoms with Gasteiger partial charge in [-0.15, -0.1) is 0 Å². The number of amides is 1. The first-order valence-electron chi connectivity index (χ1n) is 11.5. The Kier molecular flexibility index (Phi) is 9.09. The summed E-state index contributed by atoms with van der Waals surface area (Å²) in [5.74, 6) is -1.45. The van der Waals surface area contributed by atoms with Crippen LogP contribution in [-0.2, 0) is 25.5 Å². The fourth-order valence-electron chi connectivity index (χ4n) is 3.94. The maximum atomic E-state index is 12.6. The van der Waals surface area contributed by atoms with Crippen molar-refractivity contribution in [3.63, 3.8) is 0 Å². The van der Waals surface area contributed by atoms with Gasteiger partial charge in [-0.05, 0) is 50.8 Å². The van der Waals surface area contributed by atoms with Gasteiger partial charge in [-0.1, -0.05) is 23.4 Å². The average molecular weight is 473 g/mol. The van der Waals surface area contributed by atoms with Gasteiger partial charge in [0, 0.05) is 25.6 Å². The van der Waals surface area contributed by atoms with Gasteiger partial charge in [-0.3, -0.25) is 4.79 Å². The third kappa shape index (κ3) is 7.34. The summed E-state index contributed by atoms with van der Waals surface area (Å²) in [6, 6.07) is 2.47. The van der Waals surface area contributed by atoms with Crippen molar-refractivity contribution in [3.05, 3.63) is 47.6 Å². The number of cyclic esters (lactones) is 1. The molecule has 2 unspecified atom stereocenters. The smallest absolute Gasteiger partial charge is 0.342 e. The van der Waals surface area contributed by atoms with E-state index in [4.69, 9.17) is 14.3 Å². The van der Waals surface area contributed by atoms with E-state index >= 15 is 0 Å². The molecular weight excluding hydrogens is 440 g/mol. The molecule has 0 aliphatic carbocycles. The van der Waals surface area contributed by atoms with E-state index in [1.807, 2.05) is 32.1 Å². The summed E-state index contributed by atoms with van der Waals surface area (Å²) in [6.45, 7) is 4.75. The van der Waals surface area contributed by atoms with Gasteiger partial charge < -0.3 is 29.4 Å². The van der Waals surface area contributed by atoms with Crippen molar-refractivity contribution >= 4 is 17.6 Å².